The molecule has 0 saturated heterocycles. The first-order valence-corrected chi connectivity index (χ1v) is 11.1. The number of alkyl halides is 2. The summed E-state index contributed by atoms with van der Waals surface area (Å²) in [6.07, 6.45) is 0. The van der Waals surface area contributed by atoms with Crippen LogP contribution in [-0.4, -0.2) is 29.8 Å². The molecule has 2 atom stereocenters. The number of hydrogen-bond donors (Lipinski definition) is 1. The van der Waals surface area contributed by atoms with Gasteiger partial charge in [-0.15, -0.1) is 35.0 Å². The molecule has 2 nitrogen and oxygen atoms in total. The molecule has 1 N–H and O–H groups in total. The molecule has 0 spiro atoms. The minimum absolute atomic E-state index is 0.0422. The lowest BCUT2D eigenvalue weighted by Gasteiger charge is -2.09. The van der Waals surface area contributed by atoms with Crippen LogP contribution in [0.2, 0.25) is 0 Å². The number of halogens is 2. The van der Waals surface area contributed by atoms with Crippen molar-refractivity contribution in [2.45, 2.75) is 15.5 Å². The normalized spacial score (nSPS) is 18.3. The van der Waals surface area contributed by atoms with Gasteiger partial charge in [0.1, 0.15) is 0 Å². The van der Waals surface area contributed by atoms with Crippen molar-refractivity contribution in [1.29, 1.82) is 0 Å². The molecule has 1 heterocycles. The summed E-state index contributed by atoms with van der Waals surface area (Å²) < 4.78 is 0. The third kappa shape index (κ3) is 4.42. The second kappa shape index (κ2) is 9.23. The maximum Gasteiger partial charge on any atom is 0.183 e. The van der Waals surface area contributed by atoms with E-state index in [9.17, 15) is 4.79 Å². The average molecular weight is 424 g/mol. The second-order valence-corrected chi connectivity index (χ2v) is 8.95. The smallest absolute Gasteiger partial charge is 0.183 e. The quantitative estimate of drug-likeness (QED) is 0.465. The standard InChI is InChI=1S/C20H19Cl2NOS2/c1-23-20-17(18(24)19(26-20)14-5-3-2-4-6-14)13-7-9-16(10-8-13)25-12-15(22)11-21/h2-10,15,19,23H,11-12H2,1H3. The van der Waals surface area contributed by atoms with Gasteiger partial charge in [-0.25, -0.2) is 0 Å². The molecule has 1 aliphatic heterocycles. The van der Waals surface area contributed by atoms with Crippen LogP contribution in [0, 0.1) is 0 Å². The largest absolute Gasteiger partial charge is 0.382 e. The molecule has 2 aromatic rings. The minimum atomic E-state index is -0.191. The fraction of sp³-hybridized carbons (Fsp3) is 0.250. The monoisotopic (exact) mass is 423 g/mol. The highest BCUT2D eigenvalue weighted by Crippen LogP contribution is 2.47. The molecule has 0 aliphatic carbocycles. The van der Waals surface area contributed by atoms with Crippen LogP contribution in [-0.2, 0) is 4.79 Å². The van der Waals surface area contributed by atoms with Crippen LogP contribution in [0.25, 0.3) is 5.57 Å². The van der Waals surface area contributed by atoms with Gasteiger partial charge in [0.05, 0.1) is 21.2 Å². The molecule has 26 heavy (non-hydrogen) atoms. The molecule has 2 aromatic carbocycles. The van der Waals surface area contributed by atoms with Gasteiger partial charge in [0, 0.05) is 23.6 Å². The SMILES string of the molecule is CNC1=C(c2ccc(SCC(Cl)CCl)cc2)C(=O)C(c2ccccc2)S1. The van der Waals surface area contributed by atoms with Crippen molar-refractivity contribution < 1.29 is 4.79 Å². The second-order valence-electron chi connectivity index (χ2n) is 5.81. The molecule has 0 bridgehead atoms. The first kappa shape index (κ1) is 19.7. The van der Waals surface area contributed by atoms with Crippen molar-refractivity contribution >= 4 is 58.1 Å². The molecule has 3 rings (SSSR count). The van der Waals surface area contributed by atoms with Gasteiger partial charge in [0.25, 0.3) is 0 Å². The lowest BCUT2D eigenvalue weighted by Crippen LogP contribution is -2.07. The van der Waals surface area contributed by atoms with Gasteiger partial charge in [0.2, 0.25) is 0 Å². The average Bonchev–Trinajstić information content (AvgIpc) is 3.03. The van der Waals surface area contributed by atoms with E-state index in [-0.39, 0.29) is 16.4 Å². The van der Waals surface area contributed by atoms with E-state index in [1.807, 2.05) is 61.6 Å². The lowest BCUT2D eigenvalue weighted by atomic mass is 9.97. The Morgan fingerprint density at radius 1 is 1.15 bits per heavy atom. The molecule has 0 fully saturated rings. The Bertz CT molecular complexity index is 793. The van der Waals surface area contributed by atoms with Gasteiger partial charge in [-0.05, 0) is 23.3 Å². The summed E-state index contributed by atoms with van der Waals surface area (Å²) in [4.78, 5) is 14.2. The van der Waals surface area contributed by atoms with Crippen LogP contribution in [0.4, 0.5) is 0 Å². The number of carbonyl (C=O) groups excluding carboxylic acids is 1. The van der Waals surface area contributed by atoms with E-state index in [0.717, 1.165) is 32.4 Å². The third-order valence-corrected chi connectivity index (χ3v) is 7.58. The summed E-state index contributed by atoms with van der Waals surface area (Å²) in [6.45, 7) is 0. The molecule has 2 unspecified atom stereocenters. The van der Waals surface area contributed by atoms with Crippen LogP contribution >= 0.6 is 46.7 Å². The highest BCUT2D eigenvalue weighted by molar-refractivity contribution is 8.04. The van der Waals surface area contributed by atoms with E-state index in [4.69, 9.17) is 23.2 Å². The van der Waals surface area contributed by atoms with Crippen LogP contribution in [0.1, 0.15) is 16.4 Å². The van der Waals surface area contributed by atoms with Crippen molar-refractivity contribution in [1.82, 2.24) is 5.32 Å². The molecule has 0 saturated carbocycles. The number of benzene rings is 2. The summed E-state index contributed by atoms with van der Waals surface area (Å²) >= 11 is 15.1. The zero-order valence-corrected chi connectivity index (χ0v) is 17.4. The topological polar surface area (TPSA) is 29.1 Å². The van der Waals surface area contributed by atoms with Crippen LogP contribution < -0.4 is 5.32 Å². The highest BCUT2D eigenvalue weighted by atomic mass is 35.5. The predicted octanol–water partition coefficient (Wildman–Crippen LogP) is 5.57. The van der Waals surface area contributed by atoms with E-state index in [2.05, 4.69) is 5.32 Å². The summed E-state index contributed by atoms with van der Waals surface area (Å²) in [5.41, 5.74) is 2.74. The van der Waals surface area contributed by atoms with Crippen LogP contribution in [0.15, 0.2) is 64.5 Å². The van der Waals surface area contributed by atoms with Gasteiger partial charge >= 0.3 is 0 Å². The molecular weight excluding hydrogens is 405 g/mol. The Balaban J connectivity index is 1.79. The van der Waals surface area contributed by atoms with Crippen molar-refractivity contribution in [2.24, 2.45) is 0 Å². The predicted molar refractivity (Wildman–Crippen MR) is 115 cm³/mol. The van der Waals surface area contributed by atoms with Gasteiger partial charge in [-0.1, -0.05) is 54.2 Å². The Morgan fingerprint density at radius 3 is 2.46 bits per heavy atom. The maximum atomic E-state index is 13.1. The van der Waals surface area contributed by atoms with Crippen molar-refractivity contribution in [3.63, 3.8) is 0 Å². The molecule has 136 valence electrons. The Labute approximate surface area is 172 Å². The van der Waals surface area contributed by atoms with Crippen LogP contribution in [0.5, 0.6) is 0 Å². The van der Waals surface area contributed by atoms with Gasteiger partial charge < -0.3 is 5.32 Å². The fourth-order valence-corrected chi connectivity index (χ4v) is 5.18. The first-order chi connectivity index (χ1) is 12.6. The summed E-state index contributed by atoms with van der Waals surface area (Å²) in [5.74, 6) is 1.35. The number of Topliss-reactive ketones (excluding diaryl/α,β-unsaturated/α-hetero) is 1. The first-order valence-electron chi connectivity index (χ1n) is 8.25. The number of rotatable bonds is 7. The number of thioether (sulfide) groups is 2. The molecule has 0 aromatic heterocycles. The molecule has 0 amide bonds. The molecule has 0 radical (unpaired) electrons. The Morgan fingerprint density at radius 2 is 1.85 bits per heavy atom. The summed E-state index contributed by atoms with van der Waals surface area (Å²) in [5, 5.41) is 3.88. The fourth-order valence-electron chi connectivity index (χ4n) is 2.73. The Kier molecular flexibility index (Phi) is 6.98. The van der Waals surface area contributed by atoms with Crippen molar-refractivity contribution in [2.75, 3.05) is 18.7 Å². The number of carbonyl (C=O) groups is 1. The third-order valence-electron chi connectivity index (χ3n) is 4.02. The molecular formula is C20H19Cl2NOS2. The van der Waals surface area contributed by atoms with E-state index in [1.54, 1.807) is 23.5 Å². The van der Waals surface area contributed by atoms with Crippen LogP contribution in [0.3, 0.4) is 0 Å². The minimum Gasteiger partial charge on any atom is -0.382 e. The number of nitrogens with one attached hydrogen (secondary N) is 1. The van der Waals surface area contributed by atoms with E-state index in [0.29, 0.717) is 5.88 Å². The highest BCUT2D eigenvalue weighted by Gasteiger charge is 2.35. The van der Waals surface area contributed by atoms with E-state index >= 15 is 0 Å². The van der Waals surface area contributed by atoms with Crippen molar-refractivity contribution in [3.05, 3.63) is 70.8 Å². The number of allylic oxidation sites excluding steroid dienone is 1. The van der Waals surface area contributed by atoms with Gasteiger partial charge in [-0.3, -0.25) is 4.79 Å². The van der Waals surface area contributed by atoms with E-state index in [1.165, 1.54) is 0 Å². The van der Waals surface area contributed by atoms with Crippen molar-refractivity contribution in [3.8, 4) is 0 Å². The maximum absolute atomic E-state index is 13.1. The molecule has 6 heteroatoms. The molecule has 1 aliphatic rings. The zero-order chi connectivity index (χ0) is 18.5. The van der Waals surface area contributed by atoms with Gasteiger partial charge in [-0.2, -0.15) is 0 Å². The summed E-state index contributed by atoms with van der Waals surface area (Å²) in [6, 6.07) is 18.0. The summed E-state index contributed by atoms with van der Waals surface area (Å²) in [7, 11) is 1.86. The number of ketones is 1. The Hall–Kier alpha value is -1.07. The van der Waals surface area contributed by atoms with Gasteiger partial charge in [0.15, 0.2) is 5.78 Å². The zero-order valence-electron chi connectivity index (χ0n) is 14.2. The van der Waals surface area contributed by atoms with E-state index < -0.39 is 0 Å². The lowest BCUT2D eigenvalue weighted by molar-refractivity contribution is -0.113. The number of hydrogen-bond acceptors (Lipinski definition) is 4.